The SMILES string of the molecule is O=c1cc(CNCC2CCCCC2O)nc2ccccn12. The predicted molar refractivity (Wildman–Crippen MR) is 81.1 cm³/mol. The van der Waals surface area contributed by atoms with Crippen LogP contribution < -0.4 is 10.9 Å². The number of fused-ring (bicyclic) bond motifs is 1. The van der Waals surface area contributed by atoms with Gasteiger partial charge in [-0.15, -0.1) is 0 Å². The minimum atomic E-state index is -0.193. The maximum atomic E-state index is 12.0. The van der Waals surface area contributed by atoms with Crippen molar-refractivity contribution >= 4 is 5.65 Å². The Kier molecular flexibility index (Phi) is 4.31. The Morgan fingerprint density at radius 2 is 2.19 bits per heavy atom. The second kappa shape index (κ2) is 6.37. The van der Waals surface area contributed by atoms with Gasteiger partial charge in [0.1, 0.15) is 5.65 Å². The van der Waals surface area contributed by atoms with E-state index >= 15 is 0 Å². The number of pyridine rings is 1. The maximum absolute atomic E-state index is 12.0. The number of hydrogen-bond donors (Lipinski definition) is 2. The molecule has 2 aromatic rings. The second-order valence-corrected chi connectivity index (χ2v) is 5.76. The number of aromatic nitrogens is 2. The van der Waals surface area contributed by atoms with Crippen LogP contribution in [0.15, 0.2) is 35.3 Å². The first-order valence-corrected chi connectivity index (χ1v) is 7.60. The summed E-state index contributed by atoms with van der Waals surface area (Å²) in [6, 6.07) is 7.09. The zero-order valence-corrected chi connectivity index (χ0v) is 12.0. The Bertz CT molecular complexity index is 668. The molecule has 2 atom stereocenters. The molecule has 1 aliphatic carbocycles. The molecule has 2 aromatic heterocycles. The van der Waals surface area contributed by atoms with E-state index in [1.165, 1.54) is 10.8 Å². The highest BCUT2D eigenvalue weighted by atomic mass is 16.3. The Labute approximate surface area is 123 Å². The topological polar surface area (TPSA) is 66.6 Å². The van der Waals surface area contributed by atoms with Crippen LogP contribution in [0.1, 0.15) is 31.4 Å². The molecule has 2 heterocycles. The normalized spacial score (nSPS) is 22.5. The van der Waals surface area contributed by atoms with Gasteiger partial charge >= 0.3 is 0 Å². The molecule has 5 nitrogen and oxygen atoms in total. The van der Waals surface area contributed by atoms with Crippen LogP contribution in [-0.4, -0.2) is 27.1 Å². The molecule has 2 N–H and O–H groups in total. The number of hydrogen-bond acceptors (Lipinski definition) is 4. The van der Waals surface area contributed by atoms with Crippen LogP contribution >= 0.6 is 0 Å². The number of aliphatic hydroxyl groups excluding tert-OH is 1. The van der Waals surface area contributed by atoms with E-state index in [-0.39, 0.29) is 11.7 Å². The third kappa shape index (κ3) is 3.31. The largest absolute Gasteiger partial charge is 0.393 e. The summed E-state index contributed by atoms with van der Waals surface area (Å²) in [7, 11) is 0. The van der Waals surface area contributed by atoms with E-state index in [2.05, 4.69) is 10.3 Å². The fourth-order valence-electron chi connectivity index (χ4n) is 3.01. The maximum Gasteiger partial charge on any atom is 0.258 e. The lowest BCUT2D eigenvalue weighted by Crippen LogP contribution is -2.34. The second-order valence-electron chi connectivity index (χ2n) is 5.76. The first kappa shape index (κ1) is 14.2. The van der Waals surface area contributed by atoms with Crippen molar-refractivity contribution in [3.8, 4) is 0 Å². The van der Waals surface area contributed by atoms with Gasteiger partial charge in [-0.05, 0) is 30.9 Å². The standard InChI is InChI=1S/C16H21N3O2/c20-14-6-2-1-5-12(14)10-17-11-13-9-16(21)19-8-4-3-7-15(19)18-13/h3-4,7-9,12,14,17,20H,1-2,5-6,10-11H2. The quantitative estimate of drug-likeness (QED) is 0.890. The Morgan fingerprint density at radius 3 is 3.05 bits per heavy atom. The van der Waals surface area contributed by atoms with Gasteiger partial charge < -0.3 is 10.4 Å². The zero-order chi connectivity index (χ0) is 14.7. The molecule has 1 fully saturated rings. The molecule has 0 spiro atoms. The summed E-state index contributed by atoms with van der Waals surface area (Å²) < 4.78 is 1.54. The lowest BCUT2D eigenvalue weighted by molar-refractivity contribution is 0.0694. The molecule has 0 amide bonds. The Balaban J connectivity index is 1.64. The smallest absolute Gasteiger partial charge is 0.258 e. The van der Waals surface area contributed by atoms with Crippen molar-refractivity contribution in [3.05, 3.63) is 46.5 Å². The van der Waals surface area contributed by atoms with Gasteiger partial charge in [0.15, 0.2) is 0 Å². The summed E-state index contributed by atoms with van der Waals surface area (Å²) in [5.74, 6) is 0.320. The summed E-state index contributed by atoms with van der Waals surface area (Å²) in [5.41, 5.74) is 1.35. The van der Waals surface area contributed by atoms with Gasteiger partial charge in [0.2, 0.25) is 0 Å². The molecule has 0 radical (unpaired) electrons. The van der Waals surface area contributed by atoms with Crippen molar-refractivity contribution in [2.75, 3.05) is 6.54 Å². The Morgan fingerprint density at radius 1 is 1.33 bits per heavy atom. The Hall–Kier alpha value is -1.72. The molecule has 0 saturated heterocycles. The lowest BCUT2D eigenvalue weighted by Gasteiger charge is -2.27. The van der Waals surface area contributed by atoms with Crippen LogP contribution in [0.3, 0.4) is 0 Å². The number of nitrogens with zero attached hydrogens (tertiary/aromatic N) is 2. The highest BCUT2D eigenvalue weighted by molar-refractivity contribution is 5.37. The molecule has 0 aliphatic heterocycles. The van der Waals surface area contributed by atoms with Gasteiger partial charge in [0.05, 0.1) is 11.8 Å². The number of aliphatic hydroxyl groups is 1. The van der Waals surface area contributed by atoms with Crippen molar-refractivity contribution in [2.45, 2.75) is 38.3 Å². The molecular formula is C16H21N3O2. The molecule has 0 bridgehead atoms. The number of rotatable bonds is 4. The fourth-order valence-corrected chi connectivity index (χ4v) is 3.01. The molecule has 21 heavy (non-hydrogen) atoms. The lowest BCUT2D eigenvalue weighted by atomic mass is 9.86. The molecule has 1 saturated carbocycles. The minimum absolute atomic E-state index is 0.0601. The highest BCUT2D eigenvalue weighted by Gasteiger charge is 2.22. The van der Waals surface area contributed by atoms with Crippen LogP contribution in [0.25, 0.3) is 5.65 Å². The van der Waals surface area contributed by atoms with Gasteiger partial charge in [0.25, 0.3) is 5.56 Å². The zero-order valence-electron chi connectivity index (χ0n) is 12.0. The van der Waals surface area contributed by atoms with Crippen LogP contribution in [0.5, 0.6) is 0 Å². The van der Waals surface area contributed by atoms with Crippen molar-refractivity contribution in [2.24, 2.45) is 5.92 Å². The fraction of sp³-hybridized carbons (Fsp3) is 0.500. The molecule has 2 unspecified atom stereocenters. The van der Waals surface area contributed by atoms with Gasteiger partial charge in [0, 0.05) is 25.4 Å². The molecule has 5 heteroatoms. The molecule has 3 rings (SSSR count). The van der Waals surface area contributed by atoms with Crippen molar-refractivity contribution in [1.29, 1.82) is 0 Å². The first-order valence-electron chi connectivity index (χ1n) is 7.60. The van der Waals surface area contributed by atoms with Crippen LogP contribution in [-0.2, 0) is 6.54 Å². The van der Waals surface area contributed by atoms with E-state index in [0.29, 0.717) is 18.1 Å². The molecule has 112 valence electrons. The third-order valence-electron chi connectivity index (χ3n) is 4.21. The molecular weight excluding hydrogens is 266 g/mol. The third-order valence-corrected chi connectivity index (χ3v) is 4.21. The first-order chi connectivity index (χ1) is 10.2. The van der Waals surface area contributed by atoms with Gasteiger partial charge in [-0.25, -0.2) is 4.98 Å². The van der Waals surface area contributed by atoms with Gasteiger partial charge in [-0.2, -0.15) is 0 Å². The minimum Gasteiger partial charge on any atom is -0.393 e. The van der Waals surface area contributed by atoms with E-state index in [1.807, 2.05) is 18.2 Å². The van der Waals surface area contributed by atoms with E-state index in [1.54, 1.807) is 12.3 Å². The van der Waals surface area contributed by atoms with Crippen molar-refractivity contribution in [3.63, 3.8) is 0 Å². The summed E-state index contributed by atoms with van der Waals surface area (Å²) in [4.78, 5) is 16.4. The van der Waals surface area contributed by atoms with Crippen molar-refractivity contribution < 1.29 is 5.11 Å². The highest BCUT2D eigenvalue weighted by Crippen LogP contribution is 2.23. The average molecular weight is 287 g/mol. The average Bonchev–Trinajstić information content (AvgIpc) is 2.49. The van der Waals surface area contributed by atoms with E-state index in [9.17, 15) is 9.90 Å². The summed E-state index contributed by atoms with van der Waals surface area (Å²) in [6.07, 6.45) is 5.82. The molecule has 0 aromatic carbocycles. The molecule has 1 aliphatic rings. The summed E-state index contributed by atoms with van der Waals surface area (Å²) in [6.45, 7) is 1.33. The van der Waals surface area contributed by atoms with Crippen LogP contribution in [0.4, 0.5) is 0 Å². The summed E-state index contributed by atoms with van der Waals surface area (Å²) in [5, 5.41) is 13.3. The summed E-state index contributed by atoms with van der Waals surface area (Å²) >= 11 is 0. The van der Waals surface area contributed by atoms with E-state index in [4.69, 9.17) is 0 Å². The van der Waals surface area contributed by atoms with Gasteiger partial charge in [-0.3, -0.25) is 9.20 Å². The van der Waals surface area contributed by atoms with E-state index < -0.39 is 0 Å². The monoisotopic (exact) mass is 287 g/mol. The predicted octanol–water partition coefficient (Wildman–Crippen LogP) is 1.34. The number of nitrogens with one attached hydrogen (secondary N) is 1. The van der Waals surface area contributed by atoms with Crippen molar-refractivity contribution in [1.82, 2.24) is 14.7 Å². The van der Waals surface area contributed by atoms with Crippen LogP contribution in [0.2, 0.25) is 0 Å². The van der Waals surface area contributed by atoms with E-state index in [0.717, 1.165) is 31.5 Å². The van der Waals surface area contributed by atoms with Crippen LogP contribution in [0, 0.1) is 5.92 Å². The van der Waals surface area contributed by atoms with Gasteiger partial charge in [-0.1, -0.05) is 18.9 Å².